The standard InChI is InChI=1S/C19H20F2N6O2/c1-24(13-5-8-27-16(11-13)23-25(2)18(27)29)14-3-4-15(22-12-14)17(28)26-9-6-19(20,21)7-10-26/h3-5,8,11-12H,6-7,9-10H2,1-2H3. The molecule has 0 bridgehead atoms. The molecule has 1 aliphatic rings. The molecule has 152 valence electrons. The number of anilines is 2. The van der Waals surface area contributed by atoms with Gasteiger partial charge in [-0.3, -0.25) is 9.20 Å². The molecule has 0 radical (unpaired) electrons. The number of amides is 1. The summed E-state index contributed by atoms with van der Waals surface area (Å²) in [6.07, 6.45) is 2.56. The highest BCUT2D eigenvalue weighted by Gasteiger charge is 2.36. The summed E-state index contributed by atoms with van der Waals surface area (Å²) in [5.41, 5.74) is 2.04. The molecule has 4 rings (SSSR count). The van der Waals surface area contributed by atoms with E-state index in [1.54, 1.807) is 43.7 Å². The molecule has 0 aliphatic carbocycles. The van der Waals surface area contributed by atoms with E-state index in [2.05, 4.69) is 10.1 Å². The molecule has 10 heteroatoms. The molecular weight excluding hydrogens is 382 g/mol. The molecule has 29 heavy (non-hydrogen) atoms. The summed E-state index contributed by atoms with van der Waals surface area (Å²) in [7, 11) is 3.42. The maximum atomic E-state index is 13.3. The zero-order valence-electron chi connectivity index (χ0n) is 16.0. The number of nitrogens with zero attached hydrogens (tertiary/aromatic N) is 6. The van der Waals surface area contributed by atoms with E-state index in [9.17, 15) is 18.4 Å². The Labute approximate surface area is 165 Å². The molecule has 0 unspecified atom stereocenters. The number of aromatic nitrogens is 4. The lowest BCUT2D eigenvalue weighted by atomic mass is 10.1. The van der Waals surface area contributed by atoms with Crippen LogP contribution in [-0.2, 0) is 7.05 Å². The molecule has 3 aromatic heterocycles. The van der Waals surface area contributed by atoms with Crippen LogP contribution in [0.5, 0.6) is 0 Å². The first-order valence-corrected chi connectivity index (χ1v) is 9.17. The van der Waals surface area contributed by atoms with Crippen molar-refractivity contribution in [3.8, 4) is 0 Å². The molecule has 1 fully saturated rings. The van der Waals surface area contributed by atoms with Gasteiger partial charge in [0.05, 0.1) is 11.9 Å². The molecule has 0 spiro atoms. The van der Waals surface area contributed by atoms with Gasteiger partial charge in [-0.25, -0.2) is 23.2 Å². The maximum absolute atomic E-state index is 13.3. The fourth-order valence-electron chi connectivity index (χ4n) is 3.34. The number of aryl methyl sites for hydroxylation is 1. The zero-order valence-corrected chi connectivity index (χ0v) is 16.0. The van der Waals surface area contributed by atoms with Gasteiger partial charge in [-0.05, 0) is 18.2 Å². The smallest absolute Gasteiger partial charge is 0.343 e. The maximum Gasteiger partial charge on any atom is 0.350 e. The van der Waals surface area contributed by atoms with Gasteiger partial charge >= 0.3 is 5.69 Å². The lowest BCUT2D eigenvalue weighted by Gasteiger charge is -2.31. The summed E-state index contributed by atoms with van der Waals surface area (Å²) in [6.45, 7) is 0.0528. The fraction of sp³-hybridized carbons (Fsp3) is 0.368. The quantitative estimate of drug-likeness (QED) is 0.671. The molecule has 3 aromatic rings. The first kappa shape index (κ1) is 19.0. The normalized spacial score (nSPS) is 16.2. The number of hydrogen-bond donors (Lipinski definition) is 0. The number of halogens is 2. The molecule has 0 aromatic carbocycles. The fourth-order valence-corrected chi connectivity index (χ4v) is 3.34. The highest BCUT2D eigenvalue weighted by molar-refractivity contribution is 5.92. The van der Waals surface area contributed by atoms with Crippen molar-refractivity contribution in [3.05, 3.63) is 52.8 Å². The molecule has 0 atom stereocenters. The minimum atomic E-state index is -2.70. The Bertz CT molecular complexity index is 1110. The van der Waals surface area contributed by atoms with Crippen molar-refractivity contribution in [1.82, 2.24) is 24.1 Å². The van der Waals surface area contributed by atoms with Crippen molar-refractivity contribution in [2.45, 2.75) is 18.8 Å². The van der Waals surface area contributed by atoms with Crippen molar-refractivity contribution in [2.75, 3.05) is 25.0 Å². The summed E-state index contributed by atoms with van der Waals surface area (Å²) in [6, 6.07) is 6.88. The minimum absolute atomic E-state index is 0.0264. The van der Waals surface area contributed by atoms with Crippen LogP contribution in [0.25, 0.3) is 5.65 Å². The van der Waals surface area contributed by atoms with E-state index in [4.69, 9.17) is 0 Å². The van der Waals surface area contributed by atoms with Crippen LogP contribution in [0.4, 0.5) is 20.2 Å². The first-order valence-electron chi connectivity index (χ1n) is 9.17. The van der Waals surface area contributed by atoms with Crippen LogP contribution in [-0.4, -0.2) is 56.0 Å². The predicted octanol–water partition coefficient (Wildman–Crippen LogP) is 2.07. The number of alkyl halides is 2. The Kier molecular flexibility index (Phi) is 4.56. The monoisotopic (exact) mass is 402 g/mol. The highest BCUT2D eigenvalue weighted by atomic mass is 19.3. The van der Waals surface area contributed by atoms with Gasteiger partial charge in [0.2, 0.25) is 0 Å². The number of pyridine rings is 2. The summed E-state index contributed by atoms with van der Waals surface area (Å²) < 4.78 is 29.3. The van der Waals surface area contributed by atoms with Crippen LogP contribution in [0.2, 0.25) is 0 Å². The van der Waals surface area contributed by atoms with Crippen LogP contribution in [0.15, 0.2) is 41.5 Å². The second-order valence-corrected chi connectivity index (χ2v) is 7.13. The Balaban J connectivity index is 1.51. The third-order valence-electron chi connectivity index (χ3n) is 5.18. The van der Waals surface area contributed by atoms with E-state index in [1.807, 2.05) is 11.9 Å². The lowest BCUT2D eigenvalue weighted by molar-refractivity contribution is -0.0495. The van der Waals surface area contributed by atoms with Crippen molar-refractivity contribution in [1.29, 1.82) is 0 Å². The van der Waals surface area contributed by atoms with Gasteiger partial charge in [-0.15, -0.1) is 0 Å². The van der Waals surface area contributed by atoms with Gasteiger partial charge in [0.1, 0.15) is 5.69 Å². The van der Waals surface area contributed by atoms with E-state index in [-0.39, 0.29) is 43.2 Å². The molecule has 1 aliphatic heterocycles. The summed E-state index contributed by atoms with van der Waals surface area (Å²) in [5, 5.41) is 4.17. The van der Waals surface area contributed by atoms with Gasteiger partial charge in [-0.1, -0.05) is 0 Å². The largest absolute Gasteiger partial charge is 0.350 e. The van der Waals surface area contributed by atoms with Crippen LogP contribution >= 0.6 is 0 Å². The molecule has 8 nitrogen and oxygen atoms in total. The summed E-state index contributed by atoms with van der Waals surface area (Å²) in [4.78, 5) is 31.9. The molecule has 4 heterocycles. The van der Waals surface area contributed by atoms with E-state index < -0.39 is 5.92 Å². The number of likely N-dealkylation sites (tertiary alicyclic amines) is 1. The van der Waals surface area contributed by atoms with Crippen LogP contribution < -0.4 is 10.6 Å². The molecule has 0 saturated carbocycles. The third-order valence-corrected chi connectivity index (χ3v) is 5.18. The van der Waals surface area contributed by atoms with E-state index in [0.717, 1.165) is 11.4 Å². The Hall–Kier alpha value is -3.30. The second-order valence-electron chi connectivity index (χ2n) is 7.13. The molecule has 0 N–H and O–H groups in total. The van der Waals surface area contributed by atoms with Crippen LogP contribution in [0, 0.1) is 0 Å². The number of piperidine rings is 1. The van der Waals surface area contributed by atoms with Gasteiger partial charge in [0.15, 0.2) is 5.65 Å². The van der Waals surface area contributed by atoms with Gasteiger partial charge < -0.3 is 9.80 Å². The number of carbonyl (C=O) groups excluding carboxylic acids is 1. The van der Waals surface area contributed by atoms with E-state index in [0.29, 0.717) is 5.65 Å². The van der Waals surface area contributed by atoms with Crippen molar-refractivity contribution in [2.24, 2.45) is 7.05 Å². The van der Waals surface area contributed by atoms with E-state index >= 15 is 0 Å². The Morgan fingerprint density at radius 3 is 2.55 bits per heavy atom. The van der Waals surface area contributed by atoms with Crippen LogP contribution in [0.3, 0.4) is 0 Å². The number of hydrogen-bond acceptors (Lipinski definition) is 5. The average Bonchev–Trinajstić information content (AvgIpc) is 3.00. The van der Waals surface area contributed by atoms with Crippen molar-refractivity contribution < 1.29 is 13.6 Å². The van der Waals surface area contributed by atoms with Crippen molar-refractivity contribution in [3.63, 3.8) is 0 Å². The Morgan fingerprint density at radius 1 is 1.17 bits per heavy atom. The summed E-state index contributed by atoms with van der Waals surface area (Å²) in [5.74, 6) is -3.04. The van der Waals surface area contributed by atoms with Gasteiger partial charge in [0, 0.05) is 58.0 Å². The van der Waals surface area contributed by atoms with Gasteiger partial charge in [-0.2, -0.15) is 5.10 Å². The number of carbonyl (C=O) groups is 1. The zero-order chi connectivity index (χ0) is 20.8. The Morgan fingerprint density at radius 2 is 1.90 bits per heavy atom. The second kappa shape index (κ2) is 6.94. The average molecular weight is 402 g/mol. The molecule has 1 saturated heterocycles. The van der Waals surface area contributed by atoms with Crippen LogP contribution in [0.1, 0.15) is 23.3 Å². The first-order chi connectivity index (χ1) is 13.7. The highest BCUT2D eigenvalue weighted by Crippen LogP contribution is 2.28. The topological polar surface area (TPSA) is 75.7 Å². The predicted molar refractivity (Wildman–Crippen MR) is 103 cm³/mol. The lowest BCUT2D eigenvalue weighted by Crippen LogP contribution is -2.42. The minimum Gasteiger partial charge on any atom is -0.343 e. The van der Waals surface area contributed by atoms with E-state index in [1.165, 1.54) is 14.0 Å². The number of fused-ring (bicyclic) bond motifs is 1. The third kappa shape index (κ3) is 3.57. The van der Waals surface area contributed by atoms with Gasteiger partial charge in [0.25, 0.3) is 11.8 Å². The number of rotatable bonds is 3. The summed E-state index contributed by atoms with van der Waals surface area (Å²) >= 11 is 0. The van der Waals surface area contributed by atoms with Crippen molar-refractivity contribution >= 4 is 22.9 Å². The molecule has 1 amide bonds. The SMILES string of the molecule is CN(c1ccc(C(=O)N2CCC(F)(F)CC2)nc1)c1ccn2c(=O)n(C)nc2c1. The molecular formula is C19H20F2N6O2.